The van der Waals surface area contributed by atoms with Crippen LogP contribution < -0.4 is 4.74 Å². The third-order valence-electron chi connectivity index (χ3n) is 5.40. The molecule has 33 heavy (non-hydrogen) atoms. The number of fused-ring (bicyclic) bond motifs is 1. The summed E-state index contributed by atoms with van der Waals surface area (Å²) in [6, 6.07) is 9.46. The fraction of sp³-hybridized carbons (Fsp3) is 0.304. The third kappa shape index (κ3) is 4.53. The molecule has 10 heteroatoms. The first-order valence-corrected chi connectivity index (χ1v) is 10.3. The number of ether oxygens (including phenoxy) is 1. The molecule has 4 rings (SSSR count). The van der Waals surface area contributed by atoms with E-state index < -0.39 is 18.2 Å². The zero-order chi connectivity index (χ0) is 23.8. The highest BCUT2D eigenvalue weighted by Crippen LogP contribution is 2.31. The molecule has 3 aromatic rings. The minimum atomic E-state index is -4.59. The smallest absolute Gasteiger partial charge is 0.425 e. The van der Waals surface area contributed by atoms with Gasteiger partial charge in [-0.3, -0.25) is 9.78 Å². The van der Waals surface area contributed by atoms with Crippen LogP contribution in [0.2, 0.25) is 0 Å². The van der Waals surface area contributed by atoms with Crippen molar-refractivity contribution < 1.29 is 22.7 Å². The van der Waals surface area contributed by atoms with E-state index in [0.29, 0.717) is 5.69 Å². The first-order valence-electron chi connectivity index (χ1n) is 10.3. The summed E-state index contributed by atoms with van der Waals surface area (Å²) in [6.07, 6.45) is -2.37. The van der Waals surface area contributed by atoms with Crippen LogP contribution in [-0.4, -0.2) is 37.9 Å². The molecule has 1 aliphatic rings. The van der Waals surface area contributed by atoms with Gasteiger partial charge in [-0.05, 0) is 43.7 Å². The minimum absolute atomic E-state index is 0.0927. The number of nitriles is 1. The molecule has 0 fully saturated rings. The molecule has 0 radical (unpaired) electrons. The van der Waals surface area contributed by atoms with E-state index in [0.717, 1.165) is 30.3 Å². The Kier molecular flexibility index (Phi) is 5.80. The fourth-order valence-electron chi connectivity index (χ4n) is 3.53. The molecule has 7 nitrogen and oxygen atoms in total. The van der Waals surface area contributed by atoms with Crippen molar-refractivity contribution in [2.24, 2.45) is 0 Å². The number of amides is 1. The van der Waals surface area contributed by atoms with E-state index in [-0.39, 0.29) is 30.0 Å². The number of rotatable bonds is 5. The number of hydrogen-bond acceptors (Lipinski definition) is 5. The Morgan fingerprint density at radius 3 is 2.73 bits per heavy atom. The quantitative estimate of drug-likeness (QED) is 0.576. The average Bonchev–Trinajstić information content (AvgIpc) is 3.38. The number of carbonyl (C=O) groups is 1. The molecule has 3 heterocycles. The Bertz CT molecular complexity index is 1220. The van der Waals surface area contributed by atoms with Crippen LogP contribution in [-0.2, 0) is 19.5 Å². The van der Waals surface area contributed by atoms with Gasteiger partial charge in [-0.15, -0.1) is 0 Å². The van der Waals surface area contributed by atoms with Crippen molar-refractivity contribution in [1.82, 2.24) is 19.7 Å². The first-order chi connectivity index (χ1) is 15.7. The van der Waals surface area contributed by atoms with Gasteiger partial charge in [0.15, 0.2) is 6.10 Å². The van der Waals surface area contributed by atoms with Crippen molar-refractivity contribution in [3.8, 4) is 17.5 Å². The Labute approximate surface area is 188 Å². The highest BCUT2D eigenvalue weighted by Gasteiger charge is 2.39. The minimum Gasteiger partial charge on any atom is -0.480 e. The number of benzene rings is 1. The molecule has 170 valence electrons. The highest BCUT2D eigenvalue weighted by molar-refractivity contribution is 5.97. The summed E-state index contributed by atoms with van der Waals surface area (Å²) in [4.78, 5) is 18.9. The van der Waals surface area contributed by atoms with Crippen molar-refractivity contribution >= 4 is 5.91 Å². The Hall–Kier alpha value is -3.87. The van der Waals surface area contributed by atoms with Crippen LogP contribution in [0.1, 0.15) is 46.7 Å². The number of hydrogen-bond donors (Lipinski definition) is 0. The lowest BCUT2D eigenvalue weighted by molar-refractivity contribution is -0.189. The molecule has 1 aliphatic heterocycles. The summed E-state index contributed by atoms with van der Waals surface area (Å²) in [5.74, 6) is -0.750. The highest BCUT2D eigenvalue weighted by atomic mass is 19.4. The summed E-state index contributed by atoms with van der Waals surface area (Å²) in [6.45, 7) is 3.31. The number of halogens is 3. The first kappa shape index (κ1) is 22.3. The normalized spacial score (nSPS) is 14.0. The van der Waals surface area contributed by atoms with Crippen molar-refractivity contribution in [3.05, 3.63) is 70.8 Å². The molecule has 1 aromatic carbocycles. The largest absolute Gasteiger partial charge is 0.480 e. The van der Waals surface area contributed by atoms with Crippen LogP contribution in [0.5, 0.6) is 5.75 Å². The van der Waals surface area contributed by atoms with Gasteiger partial charge in [-0.2, -0.15) is 23.5 Å². The second kappa shape index (κ2) is 8.58. The molecular formula is C23H20F3N5O2. The predicted octanol–water partition coefficient (Wildman–Crippen LogP) is 4.19. The topological polar surface area (TPSA) is 84.0 Å². The Morgan fingerprint density at radius 2 is 2.06 bits per heavy atom. The fourth-order valence-corrected chi connectivity index (χ4v) is 3.53. The molecular weight excluding hydrogens is 435 g/mol. The lowest BCUT2D eigenvalue weighted by Gasteiger charge is -2.22. The zero-order valence-corrected chi connectivity index (χ0v) is 17.9. The molecule has 0 aliphatic carbocycles. The lowest BCUT2D eigenvalue weighted by Crippen LogP contribution is -2.32. The number of aromatic nitrogens is 3. The maximum Gasteiger partial charge on any atom is 0.425 e. The zero-order valence-electron chi connectivity index (χ0n) is 17.9. The van der Waals surface area contributed by atoms with Crippen molar-refractivity contribution in [2.45, 2.75) is 45.6 Å². The van der Waals surface area contributed by atoms with Gasteiger partial charge in [0.25, 0.3) is 5.91 Å². The summed E-state index contributed by atoms with van der Waals surface area (Å²) in [5, 5.41) is 13.7. The number of alkyl halides is 3. The van der Waals surface area contributed by atoms with E-state index in [1.54, 1.807) is 10.9 Å². The monoisotopic (exact) mass is 455 g/mol. The van der Waals surface area contributed by atoms with Crippen LogP contribution in [0.4, 0.5) is 13.2 Å². The average molecular weight is 455 g/mol. The maximum atomic E-state index is 13.2. The van der Waals surface area contributed by atoms with Crippen LogP contribution in [0.15, 0.2) is 42.7 Å². The van der Waals surface area contributed by atoms with Gasteiger partial charge in [-0.1, -0.05) is 6.92 Å². The summed E-state index contributed by atoms with van der Waals surface area (Å²) in [5.41, 5.74) is 3.37. The molecule has 0 N–H and O–H groups in total. The lowest BCUT2D eigenvalue weighted by atomic mass is 10.1. The summed E-state index contributed by atoms with van der Waals surface area (Å²) in [7, 11) is 0. The molecule has 1 unspecified atom stereocenters. The van der Waals surface area contributed by atoms with Gasteiger partial charge < -0.3 is 9.64 Å². The number of carbonyl (C=O) groups excluding carboxylic acids is 1. The summed E-state index contributed by atoms with van der Waals surface area (Å²) < 4.78 is 45.7. The van der Waals surface area contributed by atoms with Crippen molar-refractivity contribution in [1.29, 1.82) is 5.26 Å². The van der Waals surface area contributed by atoms with E-state index in [4.69, 9.17) is 4.74 Å². The molecule has 1 amide bonds. The van der Waals surface area contributed by atoms with E-state index in [9.17, 15) is 23.2 Å². The van der Waals surface area contributed by atoms with Gasteiger partial charge >= 0.3 is 6.18 Å². The maximum absolute atomic E-state index is 13.2. The molecule has 0 saturated carbocycles. The van der Waals surface area contributed by atoms with E-state index in [1.165, 1.54) is 23.1 Å². The predicted molar refractivity (Wildman–Crippen MR) is 112 cm³/mol. The molecule has 0 bridgehead atoms. The van der Waals surface area contributed by atoms with Crippen LogP contribution >= 0.6 is 0 Å². The van der Waals surface area contributed by atoms with E-state index in [1.807, 2.05) is 31.3 Å². The van der Waals surface area contributed by atoms with Gasteiger partial charge in [0.2, 0.25) is 0 Å². The second-order valence-corrected chi connectivity index (χ2v) is 7.69. The van der Waals surface area contributed by atoms with Crippen LogP contribution in [0.25, 0.3) is 5.69 Å². The number of nitrogens with zero attached hydrogens (tertiary/aromatic N) is 5. The Balaban J connectivity index is 1.57. The number of aryl methyl sites for hydroxylation is 1. The van der Waals surface area contributed by atoms with Gasteiger partial charge in [0, 0.05) is 30.2 Å². The molecule has 0 spiro atoms. The number of pyridine rings is 1. The Morgan fingerprint density at radius 1 is 1.27 bits per heavy atom. The SMILES string of the molecule is CCc1cc(-n2cc3c(n2)CN(C(=O)c2cc(C#N)ccc2OC(C)C(F)(F)F)C3)ccn1. The van der Waals surface area contributed by atoms with Crippen LogP contribution in [0.3, 0.4) is 0 Å². The van der Waals surface area contributed by atoms with Gasteiger partial charge in [0.05, 0.1) is 35.1 Å². The van der Waals surface area contributed by atoms with E-state index in [2.05, 4.69) is 10.1 Å². The van der Waals surface area contributed by atoms with Gasteiger partial charge in [-0.25, -0.2) is 4.68 Å². The molecule has 1 atom stereocenters. The molecule has 0 saturated heterocycles. The standard InChI is InChI=1S/C23H20F3N5O2/c1-3-17-9-18(6-7-28-17)31-12-16-11-30(13-20(16)29-31)22(32)19-8-15(10-27)4-5-21(19)33-14(2)23(24,25)26/h4-9,12,14H,3,11,13H2,1-2H3. The van der Waals surface area contributed by atoms with E-state index >= 15 is 0 Å². The summed E-state index contributed by atoms with van der Waals surface area (Å²) >= 11 is 0. The second-order valence-electron chi connectivity index (χ2n) is 7.69. The van der Waals surface area contributed by atoms with Crippen LogP contribution in [0, 0.1) is 11.3 Å². The third-order valence-corrected chi connectivity index (χ3v) is 5.40. The van der Waals surface area contributed by atoms with Crippen molar-refractivity contribution in [3.63, 3.8) is 0 Å². The van der Waals surface area contributed by atoms with Gasteiger partial charge in [0.1, 0.15) is 5.75 Å². The molecule has 2 aromatic heterocycles. The van der Waals surface area contributed by atoms with Crippen molar-refractivity contribution in [2.75, 3.05) is 0 Å².